The third-order valence-corrected chi connectivity index (χ3v) is 4.97. The highest BCUT2D eigenvalue weighted by Gasteiger charge is 2.18. The van der Waals surface area contributed by atoms with Crippen molar-refractivity contribution in [1.82, 2.24) is 0 Å². The molecule has 3 aromatic carbocycles. The number of anilines is 2. The van der Waals surface area contributed by atoms with Gasteiger partial charge in [0.1, 0.15) is 0 Å². The predicted molar refractivity (Wildman–Crippen MR) is 115 cm³/mol. The number of benzene rings is 3. The maximum absolute atomic E-state index is 12.8. The van der Waals surface area contributed by atoms with Gasteiger partial charge >= 0.3 is 0 Å². The SMILES string of the molecule is Cc1ccc(NC(=O)c2cc(Br)cc(Br)c2NC(=O)c2ccccc2)cc1. The number of carbonyl (C=O) groups excluding carboxylic acids is 2. The largest absolute Gasteiger partial charge is 0.322 e. The molecule has 2 N–H and O–H groups in total. The Hall–Kier alpha value is -2.44. The van der Waals surface area contributed by atoms with Gasteiger partial charge < -0.3 is 10.6 Å². The van der Waals surface area contributed by atoms with Gasteiger partial charge in [0.2, 0.25) is 0 Å². The molecule has 0 saturated carbocycles. The van der Waals surface area contributed by atoms with Crippen LogP contribution >= 0.6 is 31.9 Å². The number of halogens is 2. The van der Waals surface area contributed by atoms with Crippen molar-refractivity contribution in [3.8, 4) is 0 Å². The van der Waals surface area contributed by atoms with Crippen LogP contribution in [0.2, 0.25) is 0 Å². The van der Waals surface area contributed by atoms with E-state index in [0.717, 1.165) is 10.0 Å². The van der Waals surface area contributed by atoms with Crippen LogP contribution in [-0.2, 0) is 0 Å². The fraction of sp³-hybridized carbons (Fsp3) is 0.0476. The Balaban J connectivity index is 1.91. The maximum Gasteiger partial charge on any atom is 0.257 e. The van der Waals surface area contributed by atoms with Gasteiger partial charge in [-0.25, -0.2) is 0 Å². The van der Waals surface area contributed by atoms with E-state index in [1.165, 1.54) is 0 Å². The fourth-order valence-corrected chi connectivity index (χ4v) is 3.81. The molecule has 27 heavy (non-hydrogen) atoms. The molecule has 0 atom stereocenters. The van der Waals surface area contributed by atoms with Crippen LogP contribution in [0.1, 0.15) is 26.3 Å². The quantitative estimate of drug-likeness (QED) is 0.472. The minimum Gasteiger partial charge on any atom is -0.322 e. The molecule has 0 unspecified atom stereocenters. The lowest BCUT2D eigenvalue weighted by Crippen LogP contribution is -2.19. The zero-order chi connectivity index (χ0) is 19.4. The minimum absolute atomic E-state index is 0.289. The van der Waals surface area contributed by atoms with Crippen LogP contribution in [0, 0.1) is 6.92 Å². The van der Waals surface area contributed by atoms with Crippen molar-refractivity contribution in [3.05, 3.63) is 92.4 Å². The highest BCUT2D eigenvalue weighted by atomic mass is 79.9. The lowest BCUT2D eigenvalue weighted by molar-refractivity contribution is 0.102. The Kier molecular flexibility index (Phi) is 6.08. The third kappa shape index (κ3) is 4.84. The number of nitrogens with one attached hydrogen (secondary N) is 2. The van der Waals surface area contributed by atoms with Crippen LogP contribution in [0.25, 0.3) is 0 Å². The summed E-state index contributed by atoms with van der Waals surface area (Å²) in [6.07, 6.45) is 0. The first kappa shape index (κ1) is 19.3. The number of aryl methyl sites for hydroxylation is 1. The summed E-state index contributed by atoms with van der Waals surface area (Å²) < 4.78 is 1.33. The van der Waals surface area contributed by atoms with Crippen LogP contribution in [0.5, 0.6) is 0 Å². The zero-order valence-electron chi connectivity index (χ0n) is 14.4. The second kappa shape index (κ2) is 8.50. The van der Waals surface area contributed by atoms with Gasteiger partial charge in [0.15, 0.2) is 0 Å². The molecule has 0 aliphatic heterocycles. The highest BCUT2D eigenvalue weighted by Crippen LogP contribution is 2.32. The molecule has 0 aromatic heterocycles. The van der Waals surface area contributed by atoms with Crippen molar-refractivity contribution < 1.29 is 9.59 Å². The van der Waals surface area contributed by atoms with Crippen molar-refractivity contribution >= 4 is 55.0 Å². The predicted octanol–water partition coefficient (Wildman–Crippen LogP) is 6.02. The monoisotopic (exact) mass is 486 g/mol. The first-order valence-corrected chi connectivity index (χ1v) is 9.76. The normalized spacial score (nSPS) is 10.3. The van der Waals surface area contributed by atoms with Gasteiger partial charge in [-0.15, -0.1) is 0 Å². The van der Waals surface area contributed by atoms with E-state index in [1.54, 1.807) is 36.4 Å². The summed E-state index contributed by atoms with van der Waals surface area (Å²) in [4.78, 5) is 25.4. The molecule has 3 aromatic rings. The average Bonchev–Trinajstić information content (AvgIpc) is 2.66. The van der Waals surface area contributed by atoms with E-state index in [2.05, 4.69) is 42.5 Å². The number of rotatable bonds is 4. The topological polar surface area (TPSA) is 58.2 Å². The van der Waals surface area contributed by atoms with Gasteiger partial charge in [0.05, 0.1) is 11.3 Å². The third-order valence-electron chi connectivity index (χ3n) is 3.88. The van der Waals surface area contributed by atoms with Crippen molar-refractivity contribution in [1.29, 1.82) is 0 Å². The molecule has 0 fully saturated rings. The van der Waals surface area contributed by atoms with E-state index in [-0.39, 0.29) is 11.8 Å². The second-order valence-electron chi connectivity index (χ2n) is 5.95. The lowest BCUT2D eigenvalue weighted by atomic mass is 10.1. The van der Waals surface area contributed by atoms with E-state index in [9.17, 15) is 9.59 Å². The van der Waals surface area contributed by atoms with Crippen LogP contribution in [0.4, 0.5) is 11.4 Å². The molecule has 6 heteroatoms. The molecule has 0 aliphatic carbocycles. The van der Waals surface area contributed by atoms with Crippen molar-refractivity contribution in [2.75, 3.05) is 10.6 Å². The van der Waals surface area contributed by atoms with E-state index in [1.807, 2.05) is 37.3 Å². The Morgan fingerprint density at radius 1 is 0.815 bits per heavy atom. The first-order chi connectivity index (χ1) is 12.9. The fourth-order valence-electron chi connectivity index (χ4n) is 2.49. The van der Waals surface area contributed by atoms with Crippen molar-refractivity contribution in [3.63, 3.8) is 0 Å². The molecule has 0 saturated heterocycles. The molecular formula is C21H16Br2N2O2. The summed E-state index contributed by atoms with van der Waals surface area (Å²) in [5.41, 5.74) is 3.06. The smallest absolute Gasteiger partial charge is 0.257 e. The van der Waals surface area contributed by atoms with Gasteiger partial charge in [-0.1, -0.05) is 51.8 Å². The molecule has 0 heterocycles. The van der Waals surface area contributed by atoms with Crippen LogP contribution in [0.15, 0.2) is 75.7 Å². The number of hydrogen-bond acceptors (Lipinski definition) is 2. The van der Waals surface area contributed by atoms with Crippen molar-refractivity contribution in [2.45, 2.75) is 6.92 Å². The van der Waals surface area contributed by atoms with E-state index in [0.29, 0.717) is 27.0 Å². The Morgan fingerprint density at radius 2 is 1.48 bits per heavy atom. The standard InChI is InChI=1S/C21H16Br2N2O2/c1-13-7-9-16(10-8-13)24-21(27)17-11-15(22)12-18(23)19(17)25-20(26)14-5-3-2-4-6-14/h2-12H,1H3,(H,24,27)(H,25,26). The molecule has 136 valence electrons. The summed E-state index contributed by atoms with van der Waals surface area (Å²) >= 11 is 6.84. The lowest BCUT2D eigenvalue weighted by Gasteiger charge is -2.14. The van der Waals surface area contributed by atoms with E-state index >= 15 is 0 Å². The molecule has 0 bridgehead atoms. The number of carbonyl (C=O) groups is 2. The van der Waals surface area contributed by atoms with E-state index in [4.69, 9.17) is 0 Å². The van der Waals surface area contributed by atoms with Gasteiger partial charge in [0, 0.05) is 20.2 Å². The molecule has 0 spiro atoms. The molecule has 4 nitrogen and oxygen atoms in total. The summed E-state index contributed by atoms with van der Waals surface area (Å²) in [6, 6.07) is 19.8. The summed E-state index contributed by atoms with van der Waals surface area (Å²) in [7, 11) is 0. The molecule has 0 aliphatic rings. The van der Waals surface area contributed by atoms with Gasteiger partial charge in [-0.2, -0.15) is 0 Å². The number of amides is 2. The van der Waals surface area contributed by atoms with Gasteiger partial charge in [-0.05, 0) is 59.3 Å². The van der Waals surface area contributed by atoms with Crippen LogP contribution in [-0.4, -0.2) is 11.8 Å². The Labute approximate surface area is 174 Å². The van der Waals surface area contributed by atoms with Crippen molar-refractivity contribution in [2.24, 2.45) is 0 Å². The first-order valence-electron chi connectivity index (χ1n) is 8.17. The van der Waals surface area contributed by atoms with Gasteiger partial charge in [-0.3, -0.25) is 9.59 Å². The number of hydrogen-bond donors (Lipinski definition) is 2. The van der Waals surface area contributed by atoms with E-state index < -0.39 is 0 Å². The zero-order valence-corrected chi connectivity index (χ0v) is 17.6. The summed E-state index contributed by atoms with van der Waals surface area (Å²) in [5.74, 6) is -0.604. The Bertz CT molecular complexity index is 987. The highest BCUT2D eigenvalue weighted by molar-refractivity contribution is 9.11. The average molecular weight is 488 g/mol. The second-order valence-corrected chi connectivity index (χ2v) is 7.72. The van der Waals surface area contributed by atoms with Gasteiger partial charge in [0.25, 0.3) is 11.8 Å². The molecule has 0 radical (unpaired) electrons. The summed E-state index contributed by atoms with van der Waals surface area (Å²) in [6.45, 7) is 1.98. The molecule has 3 rings (SSSR count). The van der Waals surface area contributed by atoms with Crippen LogP contribution < -0.4 is 10.6 Å². The molecular weight excluding hydrogens is 472 g/mol. The Morgan fingerprint density at radius 3 is 2.15 bits per heavy atom. The molecule has 2 amide bonds. The maximum atomic E-state index is 12.8. The summed E-state index contributed by atoms with van der Waals surface area (Å²) in [5, 5.41) is 5.69. The minimum atomic E-state index is -0.316. The van der Waals surface area contributed by atoms with Crippen LogP contribution in [0.3, 0.4) is 0 Å².